The molecule has 0 bridgehead atoms. The monoisotopic (exact) mass is 444 g/mol. The Morgan fingerprint density at radius 1 is 1.10 bits per heavy atom. The predicted molar refractivity (Wildman–Crippen MR) is 121 cm³/mol. The standard InChI is InChI=1S/C21H24N4O3S2/c1-27-16-10-15(11-17(12-16)28-2)22-21(26)25-7-5-24(6-8-25)13-20-23-18(14-30-20)19-4-3-9-29-19/h3-4,9-12,14H,5-8,13H2,1-2H3,(H,22,26). The van der Waals surface area contributed by atoms with E-state index in [1.807, 2.05) is 11.0 Å². The number of urea groups is 1. The highest BCUT2D eigenvalue weighted by Gasteiger charge is 2.22. The highest BCUT2D eigenvalue weighted by atomic mass is 32.1. The van der Waals surface area contributed by atoms with Gasteiger partial charge in [0.1, 0.15) is 16.5 Å². The van der Waals surface area contributed by atoms with Crippen LogP contribution in [-0.4, -0.2) is 61.2 Å². The number of anilines is 1. The van der Waals surface area contributed by atoms with E-state index in [9.17, 15) is 4.79 Å². The lowest BCUT2D eigenvalue weighted by molar-refractivity contribution is 0.143. The van der Waals surface area contributed by atoms with Gasteiger partial charge in [-0.1, -0.05) is 6.07 Å². The Labute approximate surface area is 183 Å². The van der Waals surface area contributed by atoms with Gasteiger partial charge >= 0.3 is 6.03 Å². The number of nitrogens with zero attached hydrogens (tertiary/aromatic N) is 3. The molecule has 7 nitrogen and oxygen atoms in total. The molecule has 0 saturated carbocycles. The second-order valence-corrected chi connectivity index (χ2v) is 8.79. The molecule has 1 N–H and O–H groups in total. The number of carbonyl (C=O) groups is 1. The molecule has 30 heavy (non-hydrogen) atoms. The molecular weight excluding hydrogens is 420 g/mol. The van der Waals surface area contributed by atoms with Gasteiger partial charge in [-0.3, -0.25) is 4.90 Å². The first-order valence-corrected chi connectivity index (χ1v) is 11.4. The van der Waals surface area contributed by atoms with Gasteiger partial charge in [0, 0.05) is 55.4 Å². The number of benzene rings is 1. The third-order valence-electron chi connectivity index (χ3n) is 4.95. The summed E-state index contributed by atoms with van der Waals surface area (Å²) in [5, 5.41) is 8.24. The quantitative estimate of drug-likeness (QED) is 0.616. The average molecular weight is 445 g/mol. The third-order valence-corrected chi connectivity index (χ3v) is 6.67. The molecular formula is C21H24N4O3S2. The van der Waals surface area contributed by atoms with Crippen molar-refractivity contribution in [1.82, 2.24) is 14.8 Å². The molecule has 0 atom stereocenters. The second kappa shape index (κ2) is 9.46. The number of hydrogen-bond donors (Lipinski definition) is 1. The first kappa shape index (κ1) is 20.6. The number of hydrogen-bond acceptors (Lipinski definition) is 7. The van der Waals surface area contributed by atoms with Gasteiger partial charge in [-0.25, -0.2) is 9.78 Å². The molecule has 2 amide bonds. The van der Waals surface area contributed by atoms with E-state index in [1.165, 1.54) is 4.88 Å². The molecule has 1 aliphatic heterocycles. The molecule has 1 fully saturated rings. The molecule has 0 aliphatic carbocycles. The van der Waals surface area contributed by atoms with Crippen molar-refractivity contribution in [2.75, 3.05) is 45.7 Å². The van der Waals surface area contributed by atoms with E-state index in [4.69, 9.17) is 14.5 Å². The summed E-state index contributed by atoms with van der Waals surface area (Å²) < 4.78 is 10.5. The van der Waals surface area contributed by atoms with Crippen LogP contribution in [0.3, 0.4) is 0 Å². The van der Waals surface area contributed by atoms with Gasteiger partial charge in [0.25, 0.3) is 0 Å². The molecule has 4 rings (SSSR count). The second-order valence-electron chi connectivity index (χ2n) is 6.90. The van der Waals surface area contributed by atoms with E-state index in [-0.39, 0.29) is 6.03 Å². The van der Waals surface area contributed by atoms with Crippen LogP contribution < -0.4 is 14.8 Å². The number of carbonyl (C=O) groups excluding carboxylic acids is 1. The number of piperazine rings is 1. The Bertz CT molecular complexity index is 960. The van der Waals surface area contributed by atoms with Crippen LogP contribution in [0.1, 0.15) is 5.01 Å². The fourth-order valence-electron chi connectivity index (χ4n) is 3.30. The van der Waals surface area contributed by atoms with Crippen molar-refractivity contribution >= 4 is 34.4 Å². The first-order valence-electron chi connectivity index (χ1n) is 9.64. The number of rotatable bonds is 6. The molecule has 3 aromatic rings. The Morgan fingerprint density at radius 2 is 1.83 bits per heavy atom. The van der Waals surface area contributed by atoms with Crippen LogP contribution in [0.4, 0.5) is 10.5 Å². The van der Waals surface area contributed by atoms with Crippen LogP contribution in [0.2, 0.25) is 0 Å². The van der Waals surface area contributed by atoms with Crippen molar-refractivity contribution in [2.24, 2.45) is 0 Å². The fraction of sp³-hybridized carbons (Fsp3) is 0.333. The van der Waals surface area contributed by atoms with E-state index in [0.29, 0.717) is 30.3 Å². The minimum Gasteiger partial charge on any atom is -0.497 e. The van der Waals surface area contributed by atoms with Gasteiger partial charge < -0.3 is 19.7 Å². The summed E-state index contributed by atoms with van der Waals surface area (Å²) in [6.07, 6.45) is 0. The zero-order valence-corrected chi connectivity index (χ0v) is 18.6. The topological polar surface area (TPSA) is 66.9 Å². The lowest BCUT2D eigenvalue weighted by atomic mass is 10.2. The summed E-state index contributed by atoms with van der Waals surface area (Å²) in [6.45, 7) is 3.82. The van der Waals surface area contributed by atoms with Crippen LogP contribution in [0.15, 0.2) is 41.1 Å². The number of thiophene rings is 1. The Morgan fingerprint density at radius 3 is 2.47 bits per heavy atom. The van der Waals surface area contributed by atoms with Crippen LogP contribution in [0, 0.1) is 0 Å². The zero-order valence-electron chi connectivity index (χ0n) is 17.0. The molecule has 0 unspecified atom stereocenters. The highest BCUT2D eigenvalue weighted by Crippen LogP contribution is 2.27. The Balaban J connectivity index is 1.29. The van der Waals surface area contributed by atoms with E-state index < -0.39 is 0 Å². The van der Waals surface area contributed by atoms with E-state index in [1.54, 1.807) is 55.1 Å². The first-order chi connectivity index (χ1) is 14.6. The van der Waals surface area contributed by atoms with Gasteiger partial charge in [0.2, 0.25) is 0 Å². The van der Waals surface area contributed by atoms with Crippen molar-refractivity contribution in [3.63, 3.8) is 0 Å². The fourth-order valence-corrected chi connectivity index (χ4v) is 4.90. The van der Waals surface area contributed by atoms with E-state index in [2.05, 4.69) is 27.0 Å². The summed E-state index contributed by atoms with van der Waals surface area (Å²) >= 11 is 3.40. The van der Waals surface area contributed by atoms with Crippen LogP contribution >= 0.6 is 22.7 Å². The maximum Gasteiger partial charge on any atom is 0.321 e. The largest absolute Gasteiger partial charge is 0.497 e. The van der Waals surface area contributed by atoms with Crippen molar-refractivity contribution < 1.29 is 14.3 Å². The predicted octanol–water partition coefficient (Wildman–Crippen LogP) is 4.24. The summed E-state index contributed by atoms with van der Waals surface area (Å²) in [5.74, 6) is 1.28. The van der Waals surface area contributed by atoms with Gasteiger partial charge in [0.15, 0.2) is 0 Å². The molecule has 1 saturated heterocycles. The minimum atomic E-state index is -0.112. The third kappa shape index (κ3) is 4.92. The van der Waals surface area contributed by atoms with Crippen LogP contribution in [-0.2, 0) is 6.54 Å². The molecule has 3 heterocycles. The zero-order chi connectivity index (χ0) is 20.9. The lowest BCUT2D eigenvalue weighted by Crippen LogP contribution is -2.49. The Kier molecular flexibility index (Phi) is 6.51. The van der Waals surface area contributed by atoms with Crippen molar-refractivity contribution in [3.8, 4) is 22.1 Å². The van der Waals surface area contributed by atoms with Gasteiger partial charge in [-0.15, -0.1) is 22.7 Å². The number of ether oxygens (including phenoxy) is 2. The molecule has 158 valence electrons. The summed E-state index contributed by atoms with van der Waals surface area (Å²) in [4.78, 5) is 22.8. The van der Waals surface area contributed by atoms with E-state index in [0.717, 1.165) is 30.3 Å². The molecule has 9 heteroatoms. The van der Waals surface area contributed by atoms with Crippen molar-refractivity contribution in [2.45, 2.75) is 6.54 Å². The molecule has 1 aliphatic rings. The number of nitrogens with one attached hydrogen (secondary N) is 1. The van der Waals surface area contributed by atoms with Gasteiger partial charge in [-0.2, -0.15) is 0 Å². The van der Waals surface area contributed by atoms with Crippen molar-refractivity contribution in [3.05, 3.63) is 46.1 Å². The molecule has 1 aromatic carbocycles. The number of aromatic nitrogens is 1. The van der Waals surface area contributed by atoms with Gasteiger partial charge in [0.05, 0.1) is 31.3 Å². The normalized spacial score (nSPS) is 14.5. The number of methoxy groups -OCH3 is 2. The van der Waals surface area contributed by atoms with Gasteiger partial charge in [-0.05, 0) is 11.4 Å². The summed E-state index contributed by atoms with van der Waals surface area (Å²) in [7, 11) is 3.18. The highest BCUT2D eigenvalue weighted by molar-refractivity contribution is 7.14. The maximum absolute atomic E-state index is 12.7. The van der Waals surface area contributed by atoms with Crippen LogP contribution in [0.5, 0.6) is 11.5 Å². The summed E-state index contributed by atoms with van der Waals surface area (Å²) in [6, 6.07) is 9.37. The number of amides is 2. The van der Waals surface area contributed by atoms with E-state index >= 15 is 0 Å². The Hall–Kier alpha value is -2.62. The smallest absolute Gasteiger partial charge is 0.321 e. The molecule has 0 radical (unpaired) electrons. The molecule has 2 aromatic heterocycles. The van der Waals surface area contributed by atoms with Crippen LogP contribution in [0.25, 0.3) is 10.6 Å². The minimum absolute atomic E-state index is 0.112. The van der Waals surface area contributed by atoms with Crippen molar-refractivity contribution in [1.29, 1.82) is 0 Å². The number of thiazole rings is 1. The average Bonchev–Trinajstić information content (AvgIpc) is 3.46. The maximum atomic E-state index is 12.7. The molecule has 0 spiro atoms. The summed E-state index contributed by atoms with van der Waals surface area (Å²) in [5.41, 5.74) is 1.71. The lowest BCUT2D eigenvalue weighted by Gasteiger charge is -2.34. The SMILES string of the molecule is COc1cc(NC(=O)N2CCN(Cc3nc(-c4cccs4)cs3)CC2)cc(OC)c1.